The van der Waals surface area contributed by atoms with Gasteiger partial charge in [0.1, 0.15) is 6.04 Å². The van der Waals surface area contributed by atoms with E-state index in [0.29, 0.717) is 16.4 Å². The predicted octanol–water partition coefficient (Wildman–Crippen LogP) is 2.54. The number of aromatic nitrogens is 1. The molecule has 0 spiro atoms. The predicted molar refractivity (Wildman–Crippen MR) is 98.6 cm³/mol. The number of hydrogen-bond donors (Lipinski definition) is 2. The van der Waals surface area contributed by atoms with E-state index in [4.69, 9.17) is 5.73 Å². The van der Waals surface area contributed by atoms with Gasteiger partial charge < -0.3 is 11.1 Å². The molecule has 4 rings (SSSR count). The smallest absolute Gasteiger partial charge is 0.259 e. The van der Waals surface area contributed by atoms with E-state index in [9.17, 15) is 9.59 Å². The Morgan fingerprint density at radius 1 is 1.32 bits per heavy atom. The lowest BCUT2D eigenvalue weighted by atomic mass is 10.1. The second-order valence-corrected chi connectivity index (χ2v) is 6.82. The number of carbonyl (C=O) groups is 2. The van der Waals surface area contributed by atoms with Crippen molar-refractivity contribution in [2.75, 3.05) is 10.6 Å². The number of rotatable bonds is 4. The fraction of sp³-hybridized carbons (Fsp3) is 0.167. The van der Waals surface area contributed by atoms with Crippen molar-refractivity contribution >= 4 is 44.7 Å². The number of carbonyl (C=O) groups excluding carboxylic acids is 2. The summed E-state index contributed by atoms with van der Waals surface area (Å²) in [6, 6.07) is 10.8. The van der Waals surface area contributed by atoms with Crippen LogP contribution in [0.1, 0.15) is 23.0 Å². The molecule has 126 valence electrons. The molecule has 25 heavy (non-hydrogen) atoms. The topological polar surface area (TPSA) is 88.3 Å². The Morgan fingerprint density at radius 2 is 2.08 bits per heavy atom. The van der Waals surface area contributed by atoms with Gasteiger partial charge in [-0.1, -0.05) is 24.3 Å². The van der Waals surface area contributed by atoms with Gasteiger partial charge in [-0.25, -0.2) is 4.98 Å². The first-order chi connectivity index (χ1) is 12.1. The van der Waals surface area contributed by atoms with Crippen molar-refractivity contribution in [1.29, 1.82) is 0 Å². The van der Waals surface area contributed by atoms with Crippen LogP contribution in [0.3, 0.4) is 0 Å². The summed E-state index contributed by atoms with van der Waals surface area (Å²) in [7, 11) is 0. The van der Waals surface area contributed by atoms with Gasteiger partial charge in [0.25, 0.3) is 5.91 Å². The molecular weight excluding hydrogens is 336 g/mol. The minimum Gasteiger partial charge on any atom is -0.375 e. The average Bonchev–Trinajstić information content (AvgIpc) is 3.16. The molecule has 1 aromatic heterocycles. The van der Waals surface area contributed by atoms with Crippen molar-refractivity contribution in [2.24, 2.45) is 0 Å². The summed E-state index contributed by atoms with van der Waals surface area (Å²) in [5.74, 6) is -0.378. The molecule has 0 saturated heterocycles. The van der Waals surface area contributed by atoms with E-state index >= 15 is 0 Å². The normalized spacial score (nSPS) is 14.1. The molecule has 2 aromatic carbocycles. The van der Waals surface area contributed by atoms with Gasteiger partial charge in [0.2, 0.25) is 5.91 Å². The number of hydrogen-bond acceptors (Lipinski definition) is 5. The molecule has 3 aromatic rings. The second-order valence-electron chi connectivity index (χ2n) is 5.93. The number of anilines is 2. The molecule has 6 nitrogen and oxygen atoms in total. The van der Waals surface area contributed by atoms with Crippen LogP contribution in [-0.2, 0) is 11.3 Å². The van der Waals surface area contributed by atoms with E-state index < -0.39 is 6.04 Å². The van der Waals surface area contributed by atoms with Crippen LogP contribution in [0.15, 0.2) is 41.8 Å². The van der Waals surface area contributed by atoms with Crippen molar-refractivity contribution in [2.45, 2.75) is 19.5 Å². The van der Waals surface area contributed by atoms with Gasteiger partial charge in [-0.3, -0.25) is 14.5 Å². The number of amides is 2. The van der Waals surface area contributed by atoms with E-state index in [1.54, 1.807) is 23.3 Å². The van der Waals surface area contributed by atoms with E-state index in [1.165, 1.54) is 11.3 Å². The Labute approximate surface area is 148 Å². The van der Waals surface area contributed by atoms with Crippen LogP contribution in [0.2, 0.25) is 0 Å². The average molecular weight is 352 g/mol. The summed E-state index contributed by atoms with van der Waals surface area (Å²) in [6.07, 6.45) is 0. The zero-order valence-corrected chi connectivity index (χ0v) is 14.3. The zero-order chi connectivity index (χ0) is 17.6. The highest BCUT2D eigenvalue weighted by atomic mass is 32.1. The van der Waals surface area contributed by atoms with Gasteiger partial charge in [0.15, 0.2) is 5.13 Å². The molecule has 0 unspecified atom stereocenters. The van der Waals surface area contributed by atoms with E-state index in [0.717, 1.165) is 16.5 Å². The molecule has 2 heterocycles. The Hall–Kier alpha value is -2.93. The SMILES string of the molecule is C[C@@H](C(=O)NCc1csc(N)n1)N1C(=O)c2cccc3cccc1c23. The zero-order valence-electron chi connectivity index (χ0n) is 13.5. The molecule has 7 heteroatoms. The summed E-state index contributed by atoms with van der Waals surface area (Å²) < 4.78 is 0. The van der Waals surface area contributed by atoms with Gasteiger partial charge >= 0.3 is 0 Å². The number of nitrogen functional groups attached to an aromatic ring is 1. The van der Waals surface area contributed by atoms with Crippen molar-refractivity contribution in [3.05, 3.63) is 53.0 Å². The molecule has 0 aliphatic carbocycles. The molecule has 2 amide bonds. The standard InChI is InChI=1S/C18H16N4O2S/c1-10(16(23)20-8-12-9-25-18(19)21-12)22-14-7-3-5-11-4-2-6-13(15(11)14)17(22)24/h2-7,9-10H,8H2,1H3,(H2,19,21)(H,20,23)/t10-/m0/s1. The highest BCUT2D eigenvalue weighted by Gasteiger charge is 2.35. The molecule has 0 radical (unpaired) electrons. The summed E-state index contributed by atoms with van der Waals surface area (Å²) in [5.41, 5.74) is 7.72. The lowest BCUT2D eigenvalue weighted by molar-refractivity contribution is -0.122. The van der Waals surface area contributed by atoms with Crippen LogP contribution in [0.4, 0.5) is 10.8 Å². The van der Waals surface area contributed by atoms with Crippen LogP contribution in [0.5, 0.6) is 0 Å². The van der Waals surface area contributed by atoms with Crippen molar-refractivity contribution < 1.29 is 9.59 Å². The molecule has 0 saturated carbocycles. The summed E-state index contributed by atoms with van der Waals surface area (Å²) >= 11 is 1.33. The van der Waals surface area contributed by atoms with Crippen LogP contribution >= 0.6 is 11.3 Å². The van der Waals surface area contributed by atoms with Crippen molar-refractivity contribution in [1.82, 2.24) is 10.3 Å². The molecular formula is C18H16N4O2S. The van der Waals surface area contributed by atoms with Crippen LogP contribution < -0.4 is 16.0 Å². The lowest BCUT2D eigenvalue weighted by Crippen LogP contribution is -2.46. The molecule has 0 bridgehead atoms. The number of benzene rings is 2. The van der Waals surface area contributed by atoms with Gasteiger partial charge in [0.05, 0.1) is 17.9 Å². The first-order valence-corrected chi connectivity index (χ1v) is 8.77. The largest absolute Gasteiger partial charge is 0.375 e. The fourth-order valence-electron chi connectivity index (χ4n) is 3.17. The van der Waals surface area contributed by atoms with Crippen LogP contribution in [-0.4, -0.2) is 22.8 Å². The minimum absolute atomic E-state index is 0.146. The summed E-state index contributed by atoms with van der Waals surface area (Å²) in [5, 5.41) is 7.00. The number of nitrogens with zero attached hydrogens (tertiary/aromatic N) is 2. The van der Waals surface area contributed by atoms with Gasteiger partial charge in [0, 0.05) is 16.3 Å². The molecule has 1 aliphatic rings. The number of nitrogens with two attached hydrogens (primary N) is 1. The first kappa shape index (κ1) is 15.6. The lowest BCUT2D eigenvalue weighted by Gasteiger charge is -2.24. The maximum absolute atomic E-state index is 12.8. The Bertz CT molecular complexity index is 992. The Morgan fingerprint density at radius 3 is 2.80 bits per heavy atom. The summed E-state index contributed by atoms with van der Waals surface area (Å²) in [4.78, 5) is 31.1. The fourth-order valence-corrected chi connectivity index (χ4v) is 3.73. The number of nitrogens with one attached hydrogen (secondary N) is 1. The van der Waals surface area contributed by atoms with Crippen molar-refractivity contribution in [3.63, 3.8) is 0 Å². The van der Waals surface area contributed by atoms with E-state index in [1.807, 2.05) is 30.3 Å². The van der Waals surface area contributed by atoms with E-state index in [2.05, 4.69) is 10.3 Å². The molecule has 0 fully saturated rings. The van der Waals surface area contributed by atoms with E-state index in [-0.39, 0.29) is 18.4 Å². The molecule has 1 aliphatic heterocycles. The third kappa shape index (κ3) is 2.53. The monoisotopic (exact) mass is 352 g/mol. The first-order valence-electron chi connectivity index (χ1n) is 7.89. The number of thiazole rings is 1. The van der Waals surface area contributed by atoms with Gasteiger partial charge in [-0.05, 0) is 24.4 Å². The minimum atomic E-state index is -0.624. The molecule has 3 N–H and O–H groups in total. The maximum Gasteiger partial charge on any atom is 0.259 e. The Balaban J connectivity index is 1.58. The summed E-state index contributed by atoms with van der Waals surface area (Å²) in [6.45, 7) is 2.02. The quantitative estimate of drug-likeness (QED) is 0.755. The van der Waals surface area contributed by atoms with Crippen LogP contribution in [0, 0.1) is 0 Å². The van der Waals surface area contributed by atoms with Gasteiger partial charge in [-0.2, -0.15) is 0 Å². The second kappa shape index (κ2) is 5.86. The highest BCUT2D eigenvalue weighted by molar-refractivity contribution is 7.13. The third-order valence-corrected chi connectivity index (χ3v) is 5.09. The van der Waals surface area contributed by atoms with Crippen LogP contribution in [0.25, 0.3) is 10.8 Å². The third-order valence-electron chi connectivity index (χ3n) is 4.37. The Kier molecular flexibility index (Phi) is 3.65. The molecule has 1 atom stereocenters. The van der Waals surface area contributed by atoms with Crippen molar-refractivity contribution in [3.8, 4) is 0 Å². The van der Waals surface area contributed by atoms with Gasteiger partial charge in [-0.15, -0.1) is 11.3 Å². The maximum atomic E-state index is 12.8. The highest BCUT2D eigenvalue weighted by Crippen LogP contribution is 2.38.